The van der Waals surface area contributed by atoms with E-state index in [2.05, 4.69) is 5.32 Å². The van der Waals surface area contributed by atoms with Crippen molar-refractivity contribution >= 4 is 22.4 Å². The Morgan fingerprint density at radius 3 is 2.15 bits per heavy atom. The predicted octanol–water partition coefficient (Wildman–Crippen LogP) is 4.67. The molecule has 5 nitrogen and oxygen atoms in total. The number of amides is 1. The van der Waals surface area contributed by atoms with Crippen molar-refractivity contribution in [2.75, 3.05) is 11.9 Å². The summed E-state index contributed by atoms with van der Waals surface area (Å²) in [6, 6.07) is 21.4. The third-order valence-corrected chi connectivity index (χ3v) is 4.35. The Labute approximate surface area is 157 Å². The molecule has 2 heterocycles. The highest BCUT2D eigenvalue weighted by atomic mass is 16.3. The second-order valence-electron chi connectivity index (χ2n) is 6.38. The van der Waals surface area contributed by atoms with Crippen molar-refractivity contribution in [3.8, 4) is 0 Å². The molecule has 0 atom stereocenters. The summed E-state index contributed by atoms with van der Waals surface area (Å²) in [5.74, 6) is 1.53. The SMILES string of the molecule is O=C(CN(Cc1ccco1)Cc1ccco1)Nc1cccc2ccccc12. The standard InChI is InChI=1S/C22H20N2O3/c25-22(23-21-11-3-7-17-6-1-2-10-20(17)21)16-24(14-18-8-4-12-26-18)15-19-9-5-13-27-19/h1-13H,14-16H2,(H,23,25). The summed E-state index contributed by atoms with van der Waals surface area (Å²) >= 11 is 0. The van der Waals surface area contributed by atoms with Crippen molar-refractivity contribution in [2.45, 2.75) is 13.1 Å². The molecule has 0 aliphatic heterocycles. The summed E-state index contributed by atoms with van der Waals surface area (Å²) in [5, 5.41) is 5.15. The van der Waals surface area contributed by atoms with Crippen LogP contribution in [0.1, 0.15) is 11.5 Å². The van der Waals surface area contributed by atoms with Crippen molar-refractivity contribution in [3.63, 3.8) is 0 Å². The molecule has 0 radical (unpaired) electrons. The van der Waals surface area contributed by atoms with Crippen LogP contribution in [0.15, 0.2) is 88.1 Å². The highest BCUT2D eigenvalue weighted by molar-refractivity contribution is 6.02. The van der Waals surface area contributed by atoms with Gasteiger partial charge in [0.05, 0.1) is 32.2 Å². The molecular formula is C22H20N2O3. The molecule has 27 heavy (non-hydrogen) atoms. The van der Waals surface area contributed by atoms with Crippen LogP contribution >= 0.6 is 0 Å². The van der Waals surface area contributed by atoms with Gasteiger partial charge < -0.3 is 14.2 Å². The molecule has 0 fully saturated rings. The van der Waals surface area contributed by atoms with Crippen LogP contribution in [0.4, 0.5) is 5.69 Å². The number of carbonyl (C=O) groups is 1. The molecule has 4 aromatic rings. The van der Waals surface area contributed by atoms with Gasteiger partial charge in [0.15, 0.2) is 0 Å². The number of hydrogen-bond acceptors (Lipinski definition) is 4. The maximum absolute atomic E-state index is 12.7. The molecule has 136 valence electrons. The number of nitrogens with one attached hydrogen (secondary N) is 1. The molecule has 4 rings (SSSR count). The van der Waals surface area contributed by atoms with Gasteiger partial charge in [0.1, 0.15) is 11.5 Å². The number of anilines is 1. The van der Waals surface area contributed by atoms with Crippen LogP contribution in [0.2, 0.25) is 0 Å². The first-order valence-corrected chi connectivity index (χ1v) is 8.83. The Bertz CT molecular complexity index is 966. The van der Waals surface area contributed by atoms with Gasteiger partial charge in [-0.2, -0.15) is 0 Å². The molecule has 0 aliphatic carbocycles. The highest BCUT2D eigenvalue weighted by Gasteiger charge is 2.15. The van der Waals surface area contributed by atoms with Crippen LogP contribution in [-0.4, -0.2) is 17.4 Å². The van der Waals surface area contributed by atoms with E-state index in [4.69, 9.17) is 8.83 Å². The van der Waals surface area contributed by atoms with E-state index < -0.39 is 0 Å². The van der Waals surface area contributed by atoms with Gasteiger partial charge in [0, 0.05) is 11.1 Å². The van der Waals surface area contributed by atoms with Crippen molar-refractivity contribution in [1.82, 2.24) is 4.90 Å². The molecule has 1 N–H and O–H groups in total. The van der Waals surface area contributed by atoms with E-state index in [0.717, 1.165) is 28.0 Å². The molecule has 0 spiro atoms. The van der Waals surface area contributed by atoms with E-state index in [9.17, 15) is 4.79 Å². The van der Waals surface area contributed by atoms with Crippen LogP contribution in [0.3, 0.4) is 0 Å². The van der Waals surface area contributed by atoms with E-state index in [1.165, 1.54) is 0 Å². The van der Waals surface area contributed by atoms with Gasteiger partial charge in [0.25, 0.3) is 0 Å². The molecular weight excluding hydrogens is 340 g/mol. The minimum atomic E-state index is -0.0792. The quantitative estimate of drug-likeness (QED) is 0.520. The molecule has 0 bridgehead atoms. The first-order valence-electron chi connectivity index (χ1n) is 8.83. The van der Waals surface area contributed by atoms with E-state index in [1.807, 2.05) is 71.6 Å². The fourth-order valence-corrected chi connectivity index (χ4v) is 3.14. The van der Waals surface area contributed by atoms with Crippen molar-refractivity contribution in [1.29, 1.82) is 0 Å². The zero-order valence-electron chi connectivity index (χ0n) is 14.8. The molecule has 2 aromatic heterocycles. The van der Waals surface area contributed by atoms with Gasteiger partial charge in [-0.05, 0) is 35.7 Å². The number of fused-ring (bicyclic) bond motifs is 1. The van der Waals surface area contributed by atoms with Gasteiger partial charge in [-0.25, -0.2) is 0 Å². The maximum Gasteiger partial charge on any atom is 0.238 e. The zero-order valence-corrected chi connectivity index (χ0v) is 14.8. The fraction of sp³-hybridized carbons (Fsp3) is 0.136. The molecule has 2 aromatic carbocycles. The Hall–Kier alpha value is -3.31. The maximum atomic E-state index is 12.7. The summed E-state index contributed by atoms with van der Waals surface area (Å²) in [6.45, 7) is 1.28. The molecule has 0 aliphatic rings. The van der Waals surface area contributed by atoms with Crippen LogP contribution in [0.5, 0.6) is 0 Å². The number of hydrogen-bond donors (Lipinski definition) is 1. The monoisotopic (exact) mass is 360 g/mol. The topological polar surface area (TPSA) is 58.6 Å². The lowest BCUT2D eigenvalue weighted by molar-refractivity contribution is -0.117. The number of nitrogens with zero attached hydrogens (tertiary/aromatic N) is 1. The first-order chi connectivity index (χ1) is 13.3. The van der Waals surface area contributed by atoms with Crippen molar-refractivity contribution in [2.24, 2.45) is 0 Å². The van der Waals surface area contributed by atoms with E-state index >= 15 is 0 Å². The Kier molecular flexibility index (Phi) is 5.03. The Morgan fingerprint density at radius 1 is 0.815 bits per heavy atom. The summed E-state index contributed by atoms with van der Waals surface area (Å²) in [5.41, 5.74) is 0.814. The van der Waals surface area contributed by atoms with Crippen molar-refractivity contribution in [3.05, 3.63) is 90.8 Å². The van der Waals surface area contributed by atoms with Crippen LogP contribution in [0.25, 0.3) is 10.8 Å². The van der Waals surface area contributed by atoms with Gasteiger partial charge in [-0.1, -0.05) is 36.4 Å². The van der Waals surface area contributed by atoms with E-state index in [-0.39, 0.29) is 12.5 Å². The second kappa shape index (κ2) is 7.93. The fourth-order valence-electron chi connectivity index (χ4n) is 3.14. The van der Waals surface area contributed by atoms with Crippen molar-refractivity contribution < 1.29 is 13.6 Å². The lowest BCUT2D eigenvalue weighted by Crippen LogP contribution is -2.32. The third-order valence-electron chi connectivity index (χ3n) is 4.35. The average Bonchev–Trinajstić information content (AvgIpc) is 3.36. The van der Waals surface area contributed by atoms with Crippen LogP contribution < -0.4 is 5.32 Å². The number of carbonyl (C=O) groups excluding carboxylic acids is 1. The molecule has 0 saturated heterocycles. The normalized spacial score (nSPS) is 11.1. The molecule has 0 unspecified atom stereocenters. The number of rotatable bonds is 7. The third kappa shape index (κ3) is 4.27. The van der Waals surface area contributed by atoms with Crippen LogP contribution in [-0.2, 0) is 17.9 Å². The first kappa shape index (κ1) is 17.1. The van der Waals surface area contributed by atoms with E-state index in [0.29, 0.717) is 13.1 Å². The molecule has 1 amide bonds. The summed E-state index contributed by atoms with van der Waals surface area (Å²) < 4.78 is 10.9. The minimum Gasteiger partial charge on any atom is -0.468 e. The Balaban J connectivity index is 1.48. The van der Waals surface area contributed by atoms with Gasteiger partial charge >= 0.3 is 0 Å². The number of benzene rings is 2. The molecule has 0 saturated carbocycles. The lowest BCUT2D eigenvalue weighted by atomic mass is 10.1. The Morgan fingerprint density at radius 2 is 1.48 bits per heavy atom. The average molecular weight is 360 g/mol. The largest absolute Gasteiger partial charge is 0.468 e. The minimum absolute atomic E-state index is 0.0792. The molecule has 5 heteroatoms. The van der Waals surface area contributed by atoms with Crippen LogP contribution in [0, 0.1) is 0 Å². The van der Waals surface area contributed by atoms with Gasteiger partial charge in [-0.15, -0.1) is 0 Å². The van der Waals surface area contributed by atoms with Gasteiger partial charge in [0.2, 0.25) is 5.91 Å². The number of furan rings is 2. The lowest BCUT2D eigenvalue weighted by Gasteiger charge is -2.20. The predicted molar refractivity (Wildman–Crippen MR) is 104 cm³/mol. The summed E-state index contributed by atoms with van der Waals surface area (Å²) in [7, 11) is 0. The smallest absolute Gasteiger partial charge is 0.238 e. The van der Waals surface area contributed by atoms with Gasteiger partial charge in [-0.3, -0.25) is 9.69 Å². The highest BCUT2D eigenvalue weighted by Crippen LogP contribution is 2.23. The zero-order chi connectivity index (χ0) is 18.5. The second-order valence-corrected chi connectivity index (χ2v) is 6.38. The summed E-state index contributed by atoms with van der Waals surface area (Å²) in [4.78, 5) is 14.7. The summed E-state index contributed by atoms with van der Waals surface area (Å²) in [6.07, 6.45) is 3.27. The van der Waals surface area contributed by atoms with E-state index in [1.54, 1.807) is 12.5 Å².